The Morgan fingerprint density at radius 2 is 1.77 bits per heavy atom. The van der Waals surface area contributed by atoms with Gasteiger partial charge in [-0.05, 0) is 30.5 Å². The molecule has 160 valence electrons. The first kappa shape index (κ1) is 21.1. The highest BCUT2D eigenvalue weighted by Gasteiger charge is 2.42. The Morgan fingerprint density at radius 1 is 1.06 bits per heavy atom. The van der Waals surface area contributed by atoms with Crippen LogP contribution in [-0.4, -0.2) is 36.1 Å². The van der Waals surface area contributed by atoms with Crippen LogP contribution in [0.15, 0.2) is 59.5 Å². The number of hydrogen-bond donors (Lipinski definition) is 2. The normalized spacial score (nSPS) is 23.2. The minimum atomic E-state index is -0.958. The maximum absolute atomic E-state index is 13.7. The number of Topliss-reactive ketones (excluding diaryl/α,β-unsaturated/α-hetero) is 1. The molecule has 2 aliphatic rings. The molecule has 0 radical (unpaired) electrons. The number of nitrogens with one attached hydrogen (secondary N) is 1. The molecular weight excluding hydrogens is 414 g/mol. The summed E-state index contributed by atoms with van der Waals surface area (Å²) in [6.45, 7) is -0.299. The molecule has 0 bridgehead atoms. The van der Waals surface area contributed by atoms with Crippen LogP contribution in [0.25, 0.3) is 0 Å². The third-order valence-corrected chi connectivity index (χ3v) is 7.00. The van der Waals surface area contributed by atoms with E-state index in [1.165, 1.54) is 16.7 Å². The lowest BCUT2D eigenvalue weighted by molar-refractivity contribution is -0.135. The van der Waals surface area contributed by atoms with Gasteiger partial charge in [0, 0.05) is 11.3 Å². The fourth-order valence-corrected chi connectivity index (χ4v) is 5.45. The Balaban J connectivity index is 1.76. The van der Waals surface area contributed by atoms with E-state index in [0.717, 1.165) is 10.5 Å². The van der Waals surface area contributed by atoms with Gasteiger partial charge in [-0.25, -0.2) is 0 Å². The predicted octanol–water partition coefficient (Wildman–Crippen LogP) is 2.21. The zero-order valence-electron chi connectivity index (χ0n) is 16.8. The van der Waals surface area contributed by atoms with E-state index < -0.39 is 34.9 Å². The van der Waals surface area contributed by atoms with Crippen molar-refractivity contribution < 1.29 is 19.2 Å². The molecule has 1 aliphatic heterocycles. The van der Waals surface area contributed by atoms with Crippen LogP contribution in [0.1, 0.15) is 30.1 Å². The lowest BCUT2D eigenvalue weighted by Gasteiger charge is -2.28. The molecule has 3 amide bonds. The monoisotopic (exact) mass is 437 g/mol. The number of primary amides is 1. The molecule has 0 saturated heterocycles. The van der Waals surface area contributed by atoms with Gasteiger partial charge in [0.25, 0.3) is 5.91 Å². The van der Waals surface area contributed by atoms with Gasteiger partial charge >= 0.3 is 0 Å². The highest BCUT2D eigenvalue weighted by Crippen LogP contribution is 2.45. The van der Waals surface area contributed by atoms with Gasteiger partial charge in [-0.2, -0.15) is 0 Å². The summed E-state index contributed by atoms with van der Waals surface area (Å²) in [4.78, 5) is 52.6. The van der Waals surface area contributed by atoms with Crippen LogP contribution in [0.5, 0.6) is 0 Å². The van der Waals surface area contributed by atoms with Gasteiger partial charge in [-0.15, -0.1) is 11.8 Å². The SMILES string of the molecule is NC(=O)CN1C(=O)[C@@H](NC(=O)C2CCCC2=O)[C@@H](c2ccccc2)Sc2ccccc21. The van der Waals surface area contributed by atoms with Gasteiger partial charge in [-0.1, -0.05) is 42.5 Å². The summed E-state index contributed by atoms with van der Waals surface area (Å²) >= 11 is 1.44. The average Bonchev–Trinajstić information content (AvgIpc) is 3.16. The Bertz CT molecular complexity index is 1030. The van der Waals surface area contributed by atoms with Crippen LogP contribution in [0, 0.1) is 5.92 Å². The molecule has 3 N–H and O–H groups in total. The summed E-state index contributed by atoms with van der Waals surface area (Å²) in [5.41, 5.74) is 6.87. The fourth-order valence-electron chi connectivity index (χ4n) is 4.11. The maximum Gasteiger partial charge on any atom is 0.251 e. The summed E-state index contributed by atoms with van der Waals surface area (Å²) in [6.07, 6.45) is 1.54. The van der Waals surface area contributed by atoms with Crippen LogP contribution in [0.2, 0.25) is 0 Å². The number of thioether (sulfide) groups is 1. The van der Waals surface area contributed by atoms with Crippen molar-refractivity contribution >= 4 is 41.0 Å². The molecule has 0 aromatic heterocycles. The van der Waals surface area contributed by atoms with E-state index in [1.807, 2.05) is 42.5 Å². The number of ketones is 1. The van der Waals surface area contributed by atoms with Gasteiger partial charge in [0.2, 0.25) is 11.8 Å². The minimum absolute atomic E-state index is 0.0974. The first-order chi connectivity index (χ1) is 15.0. The van der Waals surface area contributed by atoms with Crippen molar-refractivity contribution in [3.8, 4) is 0 Å². The topological polar surface area (TPSA) is 110 Å². The van der Waals surface area contributed by atoms with Crippen LogP contribution in [-0.2, 0) is 19.2 Å². The molecule has 8 heteroatoms. The van der Waals surface area contributed by atoms with Crippen molar-refractivity contribution in [2.24, 2.45) is 11.7 Å². The van der Waals surface area contributed by atoms with E-state index >= 15 is 0 Å². The third kappa shape index (κ3) is 4.34. The Kier molecular flexibility index (Phi) is 6.08. The second kappa shape index (κ2) is 8.93. The standard InChI is InChI=1S/C23H23N3O4S/c24-19(28)13-26-16-10-4-5-12-18(16)31-21(14-7-2-1-3-8-14)20(23(26)30)25-22(29)15-9-6-11-17(15)27/h1-5,7-8,10,12,15,20-21H,6,9,11,13H2,(H2,24,28)(H,25,29)/t15?,20-,21+/m0/s1. The Morgan fingerprint density at radius 3 is 2.45 bits per heavy atom. The van der Waals surface area contributed by atoms with Crippen molar-refractivity contribution in [1.29, 1.82) is 0 Å². The molecule has 1 unspecified atom stereocenters. The number of carbonyl (C=O) groups is 4. The van der Waals surface area contributed by atoms with Gasteiger partial charge < -0.3 is 16.0 Å². The third-order valence-electron chi connectivity index (χ3n) is 5.61. The quantitative estimate of drug-likeness (QED) is 0.697. The highest BCUT2D eigenvalue weighted by molar-refractivity contribution is 7.99. The molecule has 3 atom stereocenters. The first-order valence-corrected chi connectivity index (χ1v) is 11.1. The van der Waals surface area contributed by atoms with Crippen molar-refractivity contribution in [2.45, 2.75) is 35.4 Å². The molecule has 0 spiro atoms. The fraction of sp³-hybridized carbons (Fsp3) is 0.304. The van der Waals surface area contributed by atoms with Gasteiger partial charge in [0.05, 0.1) is 16.9 Å². The van der Waals surface area contributed by atoms with Crippen LogP contribution >= 0.6 is 11.8 Å². The summed E-state index contributed by atoms with van der Waals surface area (Å²) in [5.74, 6) is -2.34. The minimum Gasteiger partial charge on any atom is -0.368 e. The van der Waals surface area contributed by atoms with Crippen LogP contribution in [0.3, 0.4) is 0 Å². The number of fused-ring (bicyclic) bond motifs is 1. The van der Waals surface area contributed by atoms with Crippen molar-refractivity contribution in [3.63, 3.8) is 0 Å². The summed E-state index contributed by atoms with van der Waals surface area (Å²) in [7, 11) is 0. The Hall–Kier alpha value is -3.13. The molecule has 1 fully saturated rings. The van der Waals surface area contributed by atoms with Crippen molar-refractivity contribution in [3.05, 3.63) is 60.2 Å². The van der Waals surface area contributed by atoms with Gasteiger partial charge in [-0.3, -0.25) is 19.2 Å². The molecule has 1 saturated carbocycles. The second-order valence-electron chi connectivity index (χ2n) is 7.70. The summed E-state index contributed by atoms with van der Waals surface area (Å²) in [6, 6.07) is 15.7. The zero-order valence-corrected chi connectivity index (χ0v) is 17.6. The van der Waals surface area contributed by atoms with E-state index in [-0.39, 0.29) is 12.3 Å². The lowest BCUT2D eigenvalue weighted by Crippen LogP contribution is -2.53. The smallest absolute Gasteiger partial charge is 0.251 e. The van der Waals surface area contributed by atoms with Crippen LogP contribution < -0.4 is 16.0 Å². The number of carbonyl (C=O) groups excluding carboxylic acids is 4. The summed E-state index contributed by atoms with van der Waals surface area (Å²) in [5, 5.41) is 2.41. The maximum atomic E-state index is 13.7. The number of rotatable bonds is 5. The average molecular weight is 438 g/mol. The van der Waals surface area contributed by atoms with Gasteiger partial charge in [0.1, 0.15) is 18.4 Å². The first-order valence-electron chi connectivity index (χ1n) is 10.2. The highest BCUT2D eigenvalue weighted by atomic mass is 32.2. The Labute approximate surface area is 184 Å². The second-order valence-corrected chi connectivity index (χ2v) is 8.89. The van der Waals surface area contributed by atoms with Crippen molar-refractivity contribution in [2.75, 3.05) is 11.4 Å². The molecular formula is C23H23N3O4S. The number of anilines is 1. The van der Waals surface area contributed by atoms with E-state index in [4.69, 9.17) is 5.73 Å². The van der Waals surface area contributed by atoms with E-state index in [9.17, 15) is 19.2 Å². The van der Waals surface area contributed by atoms with Crippen molar-refractivity contribution in [1.82, 2.24) is 5.32 Å². The number of benzene rings is 2. The number of nitrogens with zero attached hydrogens (tertiary/aromatic N) is 1. The number of nitrogens with two attached hydrogens (primary N) is 1. The molecule has 1 heterocycles. The predicted molar refractivity (Wildman–Crippen MR) is 117 cm³/mol. The van der Waals surface area contributed by atoms with E-state index in [2.05, 4.69) is 5.32 Å². The zero-order chi connectivity index (χ0) is 22.0. The molecule has 2 aromatic carbocycles. The molecule has 4 rings (SSSR count). The largest absolute Gasteiger partial charge is 0.368 e. The van der Waals surface area contributed by atoms with E-state index in [0.29, 0.717) is 24.9 Å². The van der Waals surface area contributed by atoms with E-state index in [1.54, 1.807) is 12.1 Å². The lowest BCUT2D eigenvalue weighted by atomic mass is 10.0. The number of hydrogen-bond acceptors (Lipinski definition) is 5. The number of para-hydroxylation sites is 1. The molecule has 1 aliphatic carbocycles. The summed E-state index contributed by atoms with van der Waals surface area (Å²) < 4.78 is 0. The van der Waals surface area contributed by atoms with Crippen LogP contribution in [0.4, 0.5) is 5.69 Å². The molecule has 7 nitrogen and oxygen atoms in total. The number of amides is 3. The molecule has 31 heavy (non-hydrogen) atoms. The van der Waals surface area contributed by atoms with Gasteiger partial charge in [0.15, 0.2) is 0 Å². The molecule has 2 aromatic rings.